The molecule has 0 amide bonds. The van der Waals surface area contributed by atoms with Crippen molar-refractivity contribution in [3.8, 4) is 0 Å². The number of nitrogens with one attached hydrogen (secondary N) is 3. The van der Waals surface area contributed by atoms with Crippen molar-refractivity contribution in [2.45, 2.75) is 32.6 Å². The van der Waals surface area contributed by atoms with Crippen molar-refractivity contribution >= 4 is 17.3 Å². The molecule has 0 saturated heterocycles. The zero-order valence-corrected chi connectivity index (χ0v) is 15.1. The molecule has 3 heterocycles. The second-order valence-electron chi connectivity index (χ2n) is 7.32. The number of aryl methyl sites for hydroxylation is 2. The zero-order valence-electron chi connectivity index (χ0n) is 15.1. The molecule has 1 atom stereocenters. The first kappa shape index (κ1) is 15.4. The predicted molar refractivity (Wildman–Crippen MR) is 103 cm³/mol. The summed E-state index contributed by atoms with van der Waals surface area (Å²) in [6.07, 6.45) is 8.67. The van der Waals surface area contributed by atoms with Crippen LogP contribution in [-0.4, -0.2) is 22.6 Å². The van der Waals surface area contributed by atoms with Gasteiger partial charge in [0.1, 0.15) is 12.7 Å². The van der Waals surface area contributed by atoms with Gasteiger partial charge in [-0.3, -0.25) is 10.4 Å². The van der Waals surface area contributed by atoms with Gasteiger partial charge in [-0.05, 0) is 37.8 Å². The molecule has 6 nitrogen and oxygen atoms in total. The maximum absolute atomic E-state index is 4.58. The Bertz CT molecular complexity index is 927. The molecule has 1 aromatic heterocycles. The Kier molecular flexibility index (Phi) is 3.46. The van der Waals surface area contributed by atoms with E-state index in [1.807, 2.05) is 6.20 Å². The highest BCUT2D eigenvalue weighted by atomic mass is 15.4. The smallest absolute Gasteiger partial charge is 0.232 e. The SMILES string of the molecule is Cc1cccc(C)c1N1C=C(Nc2cc(C3CC3)[nH]n2)[NH+]2C=CN=C2C1. The summed E-state index contributed by atoms with van der Waals surface area (Å²) in [5.41, 5.74) is 5.02. The molecular formula is C20H23N6+. The zero-order chi connectivity index (χ0) is 17.7. The number of benzene rings is 1. The van der Waals surface area contributed by atoms with Gasteiger partial charge in [-0.2, -0.15) is 5.10 Å². The van der Waals surface area contributed by atoms with E-state index in [9.17, 15) is 0 Å². The lowest BCUT2D eigenvalue weighted by molar-refractivity contribution is -0.698. The summed E-state index contributed by atoms with van der Waals surface area (Å²) < 4.78 is 0. The number of amidine groups is 1. The van der Waals surface area contributed by atoms with E-state index in [1.54, 1.807) is 0 Å². The Morgan fingerprint density at radius 1 is 1.23 bits per heavy atom. The summed E-state index contributed by atoms with van der Waals surface area (Å²) >= 11 is 0. The number of aromatic nitrogens is 2. The van der Waals surface area contributed by atoms with E-state index in [-0.39, 0.29) is 0 Å². The highest BCUT2D eigenvalue weighted by molar-refractivity contribution is 5.85. The van der Waals surface area contributed by atoms with Crippen LogP contribution in [0.25, 0.3) is 0 Å². The van der Waals surface area contributed by atoms with Crippen LogP contribution in [0.3, 0.4) is 0 Å². The molecule has 1 aromatic carbocycles. The van der Waals surface area contributed by atoms with Crippen LogP contribution in [0.1, 0.15) is 35.6 Å². The molecule has 3 aliphatic rings. The van der Waals surface area contributed by atoms with Crippen LogP contribution in [-0.2, 0) is 0 Å². The van der Waals surface area contributed by atoms with Crippen molar-refractivity contribution in [2.24, 2.45) is 4.99 Å². The van der Waals surface area contributed by atoms with Gasteiger partial charge in [-0.1, -0.05) is 18.2 Å². The molecule has 5 rings (SSSR count). The minimum atomic E-state index is 0.667. The molecule has 3 N–H and O–H groups in total. The van der Waals surface area contributed by atoms with Crippen LogP contribution in [0.5, 0.6) is 0 Å². The van der Waals surface area contributed by atoms with E-state index in [0.29, 0.717) is 5.92 Å². The summed E-state index contributed by atoms with van der Waals surface area (Å²) in [4.78, 5) is 8.02. The Morgan fingerprint density at radius 3 is 2.81 bits per heavy atom. The molecule has 0 spiro atoms. The average molecular weight is 347 g/mol. The van der Waals surface area contributed by atoms with Gasteiger partial charge in [0.05, 0.1) is 12.4 Å². The number of aromatic amines is 1. The van der Waals surface area contributed by atoms with Crippen LogP contribution >= 0.6 is 0 Å². The summed E-state index contributed by atoms with van der Waals surface area (Å²) in [5.74, 6) is 3.67. The lowest BCUT2D eigenvalue weighted by Gasteiger charge is -2.30. The number of aliphatic imine (C=N–C) groups is 1. The molecule has 2 aliphatic heterocycles. The fraction of sp³-hybridized carbons (Fsp3) is 0.300. The van der Waals surface area contributed by atoms with Crippen molar-refractivity contribution in [3.05, 3.63) is 65.5 Å². The fourth-order valence-corrected chi connectivity index (χ4v) is 3.82. The van der Waals surface area contributed by atoms with Crippen LogP contribution in [0.4, 0.5) is 11.5 Å². The second-order valence-corrected chi connectivity index (χ2v) is 7.32. The van der Waals surface area contributed by atoms with E-state index >= 15 is 0 Å². The molecule has 26 heavy (non-hydrogen) atoms. The van der Waals surface area contributed by atoms with Crippen molar-refractivity contribution in [1.29, 1.82) is 0 Å². The first-order chi connectivity index (χ1) is 12.7. The van der Waals surface area contributed by atoms with Crippen molar-refractivity contribution in [3.63, 3.8) is 0 Å². The monoisotopic (exact) mass is 347 g/mol. The Hall–Kier alpha value is -2.86. The van der Waals surface area contributed by atoms with E-state index in [0.717, 1.165) is 28.9 Å². The minimum absolute atomic E-state index is 0.667. The molecule has 2 aromatic rings. The molecule has 0 radical (unpaired) electrons. The Labute approximate surface area is 152 Å². The maximum atomic E-state index is 4.58. The van der Waals surface area contributed by atoms with Gasteiger partial charge in [0, 0.05) is 23.4 Å². The number of rotatable bonds is 4. The van der Waals surface area contributed by atoms with E-state index in [2.05, 4.69) is 75.9 Å². The molecule has 6 heteroatoms. The third kappa shape index (κ3) is 2.63. The Balaban J connectivity index is 1.49. The number of fused-ring (bicyclic) bond motifs is 1. The second kappa shape index (κ2) is 5.85. The largest absolute Gasteiger partial charge is 0.329 e. The van der Waals surface area contributed by atoms with Crippen LogP contribution in [0.15, 0.2) is 53.7 Å². The van der Waals surface area contributed by atoms with E-state index in [4.69, 9.17) is 0 Å². The topological polar surface area (TPSA) is 60.8 Å². The van der Waals surface area contributed by atoms with Crippen molar-refractivity contribution in [1.82, 2.24) is 10.2 Å². The number of quaternary nitrogens is 1. The first-order valence-electron chi connectivity index (χ1n) is 9.17. The first-order valence-corrected chi connectivity index (χ1v) is 9.17. The van der Waals surface area contributed by atoms with E-state index in [1.165, 1.54) is 35.3 Å². The number of para-hydroxylation sites is 1. The summed E-state index contributed by atoms with van der Waals surface area (Å²) in [6, 6.07) is 8.56. The highest BCUT2D eigenvalue weighted by Crippen LogP contribution is 2.39. The molecule has 0 bridgehead atoms. The normalized spacial score (nSPS) is 21.5. The number of H-pyrrole nitrogens is 1. The summed E-state index contributed by atoms with van der Waals surface area (Å²) in [7, 11) is 0. The lowest BCUT2D eigenvalue weighted by atomic mass is 10.1. The molecule has 1 fully saturated rings. The Morgan fingerprint density at radius 2 is 2.04 bits per heavy atom. The van der Waals surface area contributed by atoms with Crippen molar-refractivity contribution < 1.29 is 4.90 Å². The fourth-order valence-electron chi connectivity index (χ4n) is 3.82. The van der Waals surface area contributed by atoms with Crippen molar-refractivity contribution in [2.75, 3.05) is 16.8 Å². The molecule has 132 valence electrons. The molecule has 1 aliphatic carbocycles. The number of hydrogen-bond acceptors (Lipinski definition) is 4. The van der Waals surface area contributed by atoms with Crippen LogP contribution in [0.2, 0.25) is 0 Å². The molecule has 1 unspecified atom stereocenters. The molecular weight excluding hydrogens is 324 g/mol. The van der Waals surface area contributed by atoms with Gasteiger partial charge in [0.2, 0.25) is 11.7 Å². The van der Waals surface area contributed by atoms with Gasteiger partial charge >= 0.3 is 0 Å². The van der Waals surface area contributed by atoms with Gasteiger partial charge < -0.3 is 4.90 Å². The summed E-state index contributed by atoms with van der Waals surface area (Å²) in [5, 5.41) is 11.1. The third-order valence-electron chi connectivity index (χ3n) is 5.28. The predicted octanol–water partition coefficient (Wildman–Crippen LogP) is 2.40. The number of anilines is 2. The van der Waals surface area contributed by atoms with Crippen LogP contribution in [0, 0.1) is 13.8 Å². The number of nitrogens with zero attached hydrogens (tertiary/aromatic N) is 3. The standard InChI is InChI=1S/C20H22N6/c1-13-4-3-5-14(2)20(13)25-11-18-21-8-9-26(18)19(12-25)22-17-10-16(23-24-17)15-6-7-15/h3-5,8-10,12,15H,6-7,11H2,1-2H3,(H2,22,23,24)/p+1. The number of hydrogen-bond donors (Lipinski definition) is 3. The lowest BCUT2D eigenvalue weighted by Crippen LogP contribution is -3.10. The maximum Gasteiger partial charge on any atom is 0.232 e. The van der Waals surface area contributed by atoms with Gasteiger partial charge in [-0.15, -0.1) is 0 Å². The third-order valence-corrected chi connectivity index (χ3v) is 5.28. The van der Waals surface area contributed by atoms with E-state index < -0.39 is 0 Å². The quantitative estimate of drug-likeness (QED) is 0.796. The van der Waals surface area contributed by atoms with Gasteiger partial charge in [0.25, 0.3) is 0 Å². The molecule has 1 saturated carbocycles. The van der Waals surface area contributed by atoms with Crippen LogP contribution < -0.4 is 15.1 Å². The highest BCUT2D eigenvalue weighted by Gasteiger charge is 2.33. The average Bonchev–Trinajstić information content (AvgIpc) is 3.17. The van der Waals surface area contributed by atoms with Gasteiger partial charge in [0.15, 0.2) is 5.82 Å². The van der Waals surface area contributed by atoms with Gasteiger partial charge in [-0.25, -0.2) is 9.89 Å². The minimum Gasteiger partial charge on any atom is -0.329 e. The summed E-state index contributed by atoms with van der Waals surface area (Å²) in [6.45, 7) is 5.10.